The van der Waals surface area contributed by atoms with Crippen LogP contribution in [0.15, 0.2) is 6.07 Å². The van der Waals surface area contributed by atoms with Crippen molar-refractivity contribution in [3.05, 3.63) is 17.5 Å². The van der Waals surface area contributed by atoms with Gasteiger partial charge in [-0.1, -0.05) is 0 Å². The summed E-state index contributed by atoms with van der Waals surface area (Å²) in [6.07, 6.45) is -0.0351. The van der Waals surface area contributed by atoms with Crippen LogP contribution in [0.5, 0.6) is 0 Å². The van der Waals surface area contributed by atoms with Gasteiger partial charge >= 0.3 is 6.18 Å². The minimum absolute atomic E-state index is 0.0638. The van der Waals surface area contributed by atoms with E-state index in [2.05, 4.69) is 10.4 Å². The van der Waals surface area contributed by atoms with Crippen molar-refractivity contribution in [2.24, 2.45) is 5.92 Å². The maximum Gasteiger partial charge on any atom is 0.435 e. The fraction of sp³-hybridized carbons (Fsp3) is 0.714. The number of amides is 1. The molecule has 0 bridgehead atoms. The molecule has 116 valence electrons. The van der Waals surface area contributed by atoms with Crippen molar-refractivity contribution in [2.45, 2.75) is 50.7 Å². The third kappa shape index (κ3) is 3.57. The molecule has 0 unspecified atom stereocenters. The molecule has 0 spiro atoms. The fourth-order valence-corrected chi connectivity index (χ4v) is 2.39. The summed E-state index contributed by atoms with van der Waals surface area (Å²) in [5.74, 6) is 0.442. The van der Waals surface area contributed by atoms with Crippen LogP contribution in [-0.4, -0.2) is 22.2 Å². The summed E-state index contributed by atoms with van der Waals surface area (Å²) in [6.45, 7) is 0.896. The number of aromatic nitrogens is 2. The van der Waals surface area contributed by atoms with Crippen molar-refractivity contribution in [1.29, 1.82) is 0 Å². The minimum atomic E-state index is -4.39. The van der Waals surface area contributed by atoms with Gasteiger partial charge in [0.1, 0.15) is 0 Å². The van der Waals surface area contributed by atoms with Crippen molar-refractivity contribution >= 4 is 5.91 Å². The van der Waals surface area contributed by atoms with Crippen LogP contribution in [0.25, 0.3) is 0 Å². The molecule has 4 nitrogen and oxygen atoms in total. The van der Waals surface area contributed by atoms with Crippen LogP contribution >= 0.6 is 0 Å². The lowest BCUT2D eigenvalue weighted by molar-refractivity contribution is -0.141. The summed E-state index contributed by atoms with van der Waals surface area (Å²) in [5, 5.41) is 6.50. The summed E-state index contributed by atoms with van der Waals surface area (Å²) in [6, 6.07) is 1.17. The average Bonchev–Trinajstić information content (AvgIpc) is 3.30. The van der Waals surface area contributed by atoms with Gasteiger partial charge < -0.3 is 5.32 Å². The first-order valence-corrected chi connectivity index (χ1v) is 7.38. The van der Waals surface area contributed by atoms with Crippen molar-refractivity contribution in [3.63, 3.8) is 0 Å². The Hall–Kier alpha value is -1.53. The molecule has 0 atom stereocenters. The third-order valence-corrected chi connectivity index (χ3v) is 3.89. The Kier molecular flexibility index (Phi) is 3.67. The van der Waals surface area contributed by atoms with Gasteiger partial charge in [-0.15, -0.1) is 0 Å². The number of halogens is 3. The van der Waals surface area contributed by atoms with E-state index in [1.165, 1.54) is 10.7 Å². The molecule has 0 saturated heterocycles. The van der Waals surface area contributed by atoms with Crippen LogP contribution in [0.4, 0.5) is 13.2 Å². The minimum Gasteiger partial charge on any atom is -0.356 e. The van der Waals surface area contributed by atoms with E-state index >= 15 is 0 Å². The molecular weight excluding hydrogens is 283 g/mol. The quantitative estimate of drug-likeness (QED) is 0.821. The van der Waals surface area contributed by atoms with Crippen molar-refractivity contribution < 1.29 is 18.0 Å². The number of rotatable bonds is 6. The second-order valence-electron chi connectivity index (χ2n) is 5.87. The number of carbonyl (C=O) groups excluding carboxylic acids is 1. The van der Waals surface area contributed by atoms with Gasteiger partial charge in [0.2, 0.25) is 5.91 Å². The molecule has 3 rings (SSSR count). The Morgan fingerprint density at radius 1 is 1.33 bits per heavy atom. The SMILES string of the molecule is O=C(NCCCn1nc(C(F)(F)F)cc1C1CC1)C1CC1. The van der Waals surface area contributed by atoms with Gasteiger partial charge in [-0.25, -0.2) is 0 Å². The molecular formula is C14H18F3N3O. The van der Waals surface area contributed by atoms with E-state index in [0.29, 0.717) is 25.2 Å². The van der Waals surface area contributed by atoms with Crippen LogP contribution in [-0.2, 0) is 17.5 Å². The number of alkyl halides is 3. The van der Waals surface area contributed by atoms with Gasteiger partial charge in [-0.05, 0) is 38.2 Å². The molecule has 7 heteroatoms. The zero-order valence-electron chi connectivity index (χ0n) is 11.6. The molecule has 2 saturated carbocycles. The van der Waals surface area contributed by atoms with E-state index in [4.69, 9.17) is 0 Å². The van der Waals surface area contributed by atoms with E-state index < -0.39 is 11.9 Å². The van der Waals surface area contributed by atoms with Crippen LogP contribution in [0.3, 0.4) is 0 Å². The van der Waals surface area contributed by atoms with Crippen LogP contribution in [0, 0.1) is 5.92 Å². The number of hydrogen-bond donors (Lipinski definition) is 1. The highest BCUT2D eigenvalue weighted by Gasteiger charge is 2.37. The predicted octanol–water partition coefficient (Wildman–Crippen LogP) is 2.70. The van der Waals surface area contributed by atoms with E-state index in [1.54, 1.807) is 0 Å². The number of hydrogen-bond acceptors (Lipinski definition) is 2. The van der Waals surface area contributed by atoms with Gasteiger partial charge in [-0.3, -0.25) is 9.48 Å². The molecule has 1 N–H and O–H groups in total. The maximum atomic E-state index is 12.7. The number of aryl methyl sites for hydroxylation is 1. The Morgan fingerprint density at radius 3 is 2.62 bits per heavy atom. The smallest absolute Gasteiger partial charge is 0.356 e. The normalized spacial score (nSPS) is 18.8. The lowest BCUT2D eigenvalue weighted by Crippen LogP contribution is -2.26. The molecule has 21 heavy (non-hydrogen) atoms. The molecule has 2 fully saturated rings. The summed E-state index contributed by atoms with van der Waals surface area (Å²) in [7, 11) is 0. The fourth-order valence-electron chi connectivity index (χ4n) is 2.39. The van der Waals surface area contributed by atoms with Gasteiger partial charge in [0.25, 0.3) is 0 Å². The zero-order valence-corrected chi connectivity index (χ0v) is 11.6. The second kappa shape index (κ2) is 5.35. The molecule has 2 aliphatic rings. The largest absolute Gasteiger partial charge is 0.435 e. The van der Waals surface area contributed by atoms with E-state index in [-0.39, 0.29) is 17.7 Å². The van der Waals surface area contributed by atoms with Crippen LogP contribution in [0.1, 0.15) is 49.4 Å². The monoisotopic (exact) mass is 301 g/mol. The molecule has 1 heterocycles. The van der Waals surface area contributed by atoms with Gasteiger partial charge in [-0.2, -0.15) is 18.3 Å². The number of nitrogens with one attached hydrogen (secondary N) is 1. The van der Waals surface area contributed by atoms with E-state index in [9.17, 15) is 18.0 Å². The average molecular weight is 301 g/mol. The molecule has 0 aromatic carbocycles. The van der Waals surface area contributed by atoms with Crippen molar-refractivity contribution in [3.8, 4) is 0 Å². The molecule has 2 aliphatic carbocycles. The summed E-state index contributed by atoms with van der Waals surface area (Å²) in [4.78, 5) is 11.5. The van der Waals surface area contributed by atoms with E-state index in [0.717, 1.165) is 25.7 Å². The zero-order chi connectivity index (χ0) is 15.0. The molecule has 1 aromatic heterocycles. The lowest BCUT2D eigenvalue weighted by Gasteiger charge is -2.07. The van der Waals surface area contributed by atoms with Crippen molar-refractivity contribution in [1.82, 2.24) is 15.1 Å². The van der Waals surface area contributed by atoms with Gasteiger partial charge in [0, 0.05) is 30.6 Å². The first-order chi connectivity index (χ1) is 9.95. The Labute approximate surface area is 120 Å². The molecule has 1 amide bonds. The van der Waals surface area contributed by atoms with Gasteiger partial charge in [0.15, 0.2) is 5.69 Å². The highest BCUT2D eigenvalue weighted by molar-refractivity contribution is 5.80. The second-order valence-corrected chi connectivity index (χ2v) is 5.87. The van der Waals surface area contributed by atoms with Crippen LogP contribution < -0.4 is 5.32 Å². The summed E-state index contributed by atoms with van der Waals surface area (Å²) < 4.78 is 39.6. The molecule has 0 radical (unpaired) electrons. The standard InChI is InChI=1S/C14H18F3N3O/c15-14(16,17)12-8-11(9-2-3-9)20(19-12)7-1-6-18-13(21)10-4-5-10/h8-10H,1-7H2,(H,18,21). The topological polar surface area (TPSA) is 46.9 Å². The summed E-state index contributed by atoms with van der Waals surface area (Å²) >= 11 is 0. The summed E-state index contributed by atoms with van der Waals surface area (Å²) in [5.41, 5.74) is -0.137. The number of carbonyl (C=O) groups is 1. The third-order valence-electron chi connectivity index (χ3n) is 3.89. The maximum absolute atomic E-state index is 12.7. The highest BCUT2D eigenvalue weighted by atomic mass is 19.4. The molecule has 1 aromatic rings. The Morgan fingerprint density at radius 2 is 2.05 bits per heavy atom. The lowest BCUT2D eigenvalue weighted by atomic mass is 10.2. The number of nitrogens with zero attached hydrogens (tertiary/aromatic N) is 2. The Balaban J connectivity index is 1.56. The van der Waals surface area contributed by atoms with Crippen molar-refractivity contribution in [2.75, 3.05) is 6.54 Å². The first kappa shape index (κ1) is 14.4. The molecule has 0 aliphatic heterocycles. The van der Waals surface area contributed by atoms with Crippen LogP contribution in [0.2, 0.25) is 0 Å². The predicted molar refractivity (Wildman–Crippen MR) is 69.6 cm³/mol. The first-order valence-electron chi connectivity index (χ1n) is 7.38. The van der Waals surface area contributed by atoms with Gasteiger partial charge in [0.05, 0.1) is 0 Å². The Bertz CT molecular complexity index is 530. The highest BCUT2D eigenvalue weighted by Crippen LogP contribution is 2.42. The van der Waals surface area contributed by atoms with E-state index in [1.807, 2.05) is 0 Å².